The number of halogens is 4. The van der Waals surface area contributed by atoms with E-state index in [0.29, 0.717) is 42.3 Å². The highest BCUT2D eigenvalue weighted by Crippen LogP contribution is 1.91. The van der Waals surface area contributed by atoms with E-state index in [1.165, 1.54) is 0 Å². The molecule has 0 spiro atoms. The Bertz CT molecular complexity index is 302. The summed E-state index contributed by atoms with van der Waals surface area (Å²) in [5.74, 6) is 1.31. The fourth-order valence-electron chi connectivity index (χ4n) is 0.889. The van der Waals surface area contributed by atoms with Gasteiger partial charge in [0.15, 0.2) is 0 Å². The van der Waals surface area contributed by atoms with Crippen LogP contribution >= 0.6 is 46.4 Å². The first kappa shape index (κ1) is 23.6. The smallest absolute Gasteiger partial charge is 0.337 e. The molecular weight excluding hydrogens is 380 g/mol. The maximum atomic E-state index is 10.9. The molecule has 0 bridgehead atoms. The van der Waals surface area contributed by atoms with Gasteiger partial charge in [0, 0.05) is 43.2 Å². The average molecular weight is 399 g/mol. The molecule has 0 aromatic carbocycles. The molecule has 130 valence electrons. The first-order valence-electron chi connectivity index (χ1n) is 6.21. The summed E-state index contributed by atoms with van der Waals surface area (Å²) in [6.07, 6.45) is 0. The van der Waals surface area contributed by atoms with Crippen LogP contribution in [0.4, 0.5) is 9.59 Å². The van der Waals surface area contributed by atoms with Gasteiger partial charge in [0.25, 0.3) is 0 Å². The monoisotopic (exact) mass is 397 g/mol. The largest absolute Gasteiger partial charge is 0.340 e. The minimum absolute atomic E-state index is 0.0964. The van der Waals surface area contributed by atoms with Gasteiger partial charge in [0.05, 0.1) is 11.8 Å². The van der Waals surface area contributed by atoms with Gasteiger partial charge >= 0.3 is 12.1 Å². The predicted octanol–water partition coefficient (Wildman–Crippen LogP) is 1.92. The van der Waals surface area contributed by atoms with Gasteiger partial charge in [0.2, 0.25) is 0 Å². The molecule has 0 atom stereocenters. The summed E-state index contributed by atoms with van der Waals surface area (Å²) in [4.78, 5) is 31.6. The summed E-state index contributed by atoms with van der Waals surface area (Å²) < 4.78 is 0. The molecular formula is C10H19Cl4N5O3. The second kappa shape index (κ2) is 18.3. The van der Waals surface area contributed by atoms with E-state index in [9.17, 15) is 14.5 Å². The van der Waals surface area contributed by atoms with Crippen molar-refractivity contribution in [1.82, 2.24) is 21.0 Å². The molecule has 8 nitrogen and oxygen atoms in total. The van der Waals surface area contributed by atoms with Crippen LogP contribution in [0.25, 0.3) is 0 Å². The van der Waals surface area contributed by atoms with E-state index < -0.39 is 6.03 Å². The molecule has 12 heteroatoms. The molecule has 0 radical (unpaired) electrons. The molecule has 0 unspecified atom stereocenters. The molecule has 0 aromatic heterocycles. The molecule has 0 saturated heterocycles. The van der Waals surface area contributed by atoms with Gasteiger partial charge in [-0.15, -0.1) is 51.3 Å². The van der Waals surface area contributed by atoms with E-state index in [1.54, 1.807) is 0 Å². The molecule has 4 amide bonds. The number of carbonyl (C=O) groups is 2. The normalized spacial score (nSPS) is 9.09. The van der Waals surface area contributed by atoms with Crippen LogP contribution in [0.1, 0.15) is 0 Å². The second-order valence-electron chi connectivity index (χ2n) is 3.38. The summed E-state index contributed by atoms with van der Waals surface area (Å²) in [6.45, 7) is 1.36. The minimum atomic E-state index is -0.578. The fraction of sp³-hybridized carbons (Fsp3) is 0.800. The first-order valence-corrected chi connectivity index (χ1v) is 8.35. The van der Waals surface area contributed by atoms with Gasteiger partial charge in [-0.3, -0.25) is 0 Å². The lowest BCUT2D eigenvalue weighted by atomic mass is 10.6. The third-order valence-corrected chi connectivity index (χ3v) is 2.50. The van der Waals surface area contributed by atoms with Crippen LogP contribution in [0.2, 0.25) is 0 Å². The van der Waals surface area contributed by atoms with Crippen LogP contribution < -0.4 is 16.0 Å². The van der Waals surface area contributed by atoms with Crippen molar-refractivity contribution in [1.29, 1.82) is 0 Å². The second-order valence-corrected chi connectivity index (χ2v) is 4.89. The van der Waals surface area contributed by atoms with Gasteiger partial charge in [-0.05, 0) is 0 Å². The molecule has 3 N–H and O–H groups in total. The van der Waals surface area contributed by atoms with Crippen molar-refractivity contribution in [2.75, 3.05) is 49.7 Å². The Morgan fingerprint density at radius 1 is 0.818 bits per heavy atom. The Labute approximate surface area is 149 Å². The van der Waals surface area contributed by atoms with Crippen LogP contribution in [0, 0.1) is 4.91 Å². The molecule has 0 rings (SSSR count). The minimum Gasteiger partial charge on any atom is -0.337 e. The topological polar surface area (TPSA) is 103 Å². The number of amides is 4. The van der Waals surface area contributed by atoms with E-state index >= 15 is 0 Å². The lowest BCUT2D eigenvalue weighted by Gasteiger charge is -2.11. The molecule has 0 aliphatic heterocycles. The summed E-state index contributed by atoms with van der Waals surface area (Å²) in [5, 5.41) is 10.6. The zero-order valence-electron chi connectivity index (χ0n) is 11.8. The zero-order valence-corrected chi connectivity index (χ0v) is 14.8. The van der Waals surface area contributed by atoms with Crippen molar-refractivity contribution >= 4 is 58.5 Å². The third kappa shape index (κ3) is 15.7. The number of hydrogen-bond donors (Lipinski definition) is 3. The zero-order chi connectivity index (χ0) is 17.2. The van der Waals surface area contributed by atoms with Crippen molar-refractivity contribution in [3.63, 3.8) is 0 Å². The summed E-state index contributed by atoms with van der Waals surface area (Å²) in [7, 11) is 0. The number of carbonyl (C=O) groups excluding carboxylic acids is 2. The molecule has 0 aromatic rings. The maximum absolute atomic E-state index is 10.9. The van der Waals surface area contributed by atoms with Crippen LogP contribution in [-0.4, -0.2) is 66.8 Å². The molecule has 0 heterocycles. The highest BCUT2D eigenvalue weighted by Gasteiger charge is 2.11. The molecule has 0 aliphatic carbocycles. The first-order chi connectivity index (χ1) is 10.6. The molecule has 0 saturated carbocycles. The fourth-order valence-corrected chi connectivity index (χ4v) is 1.33. The average Bonchev–Trinajstić information content (AvgIpc) is 2.54. The van der Waals surface area contributed by atoms with E-state index in [2.05, 4.69) is 21.2 Å². The third-order valence-electron chi connectivity index (χ3n) is 1.76. The Kier molecular flexibility index (Phi) is 19.7. The Morgan fingerprint density at radius 3 is 1.64 bits per heavy atom. The van der Waals surface area contributed by atoms with Gasteiger partial charge in [-0.2, -0.15) is 5.01 Å². The number of alkyl halides is 4. The number of nitrogens with one attached hydrogen (secondary N) is 3. The predicted molar refractivity (Wildman–Crippen MR) is 90.2 cm³/mol. The summed E-state index contributed by atoms with van der Waals surface area (Å²) in [5.41, 5.74) is 0. The number of nitrogens with zero attached hydrogens (tertiary/aromatic N) is 2. The molecule has 22 heavy (non-hydrogen) atoms. The van der Waals surface area contributed by atoms with Gasteiger partial charge in [0.1, 0.15) is 0 Å². The highest BCUT2D eigenvalue weighted by atomic mass is 35.5. The van der Waals surface area contributed by atoms with Crippen molar-refractivity contribution in [2.24, 2.45) is 5.29 Å². The van der Waals surface area contributed by atoms with Crippen LogP contribution in [-0.2, 0) is 0 Å². The Hall–Kier alpha value is -0.700. The summed E-state index contributed by atoms with van der Waals surface area (Å²) >= 11 is 21.2. The standard InChI is InChI=1S/C5H9Cl2N3O2.C5H10Cl2N2O/c6-1-3-8-5(11)10(9-12)4-2-7;6-1-3-8-5(10)9-4-2-7/h1-4H2,(H,8,11);1-4H2,(H2,8,9,10). The van der Waals surface area contributed by atoms with Gasteiger partial charge < -0.3 is 16.0 Å². The SMILES string of the molecule is O=C(NCCCl)NCCCl.O=NN(CCCl)C(=O)NCCCl. The Morgan fingerprint density at radius 2 is 1.27 bits per heavy atom. The van der Waals surface area contributed by atoms with E-state index in [1.807, 2.05) is 0 Å². The maximum Gasteiger partial charge on any atom is 0.340 e. The number of rotatable bonds is 9. The number of hydrogen-bond acceptors (Lipinski definition) is 4. The lowest BCUT2D eigenvalue weighted by Crippen LogP contribution is -2.38. The number of nitroso groups, excluding NO2 is 1. The van der Waals surface area contributed by atoms with E-state index in [4.69, 9.17) is 46.4 Å². The van der Waals surface area contributed by atoms with Crippen LogP contribution in [0.5, 0.6) is 0 Å². The highest BCUT2D eigenvalue weighted by molar-refractivity contribution is 6.18. The van der Waals surface area contributed by atoms with Crippen LogP contribution in [0.15, 0.2) is 5.29 Å². The Balaban J connectivity index is 0. The molecule has 0 aliphatic rings. The van der Waals surface area contributed by atoms with Gasteiger partial charge in [-0.1, -0.05) is 0 Å². The molecule has 0 fully saturated rings. The lowest BCUT2D eigenvalue weighted by molar-refractivity contribution is 0.203. The van der Waals surface area contributed by atoms with Gasteiger partial charge in [-0.25, -0.2) is 9.59 Å². The van der Waals surface area contributed by atoms with Crippen molar-refractivity contribution in [3.05, 3.63) is 4.91 Å². The van der Waals surface area contributed by atoms with Crippen LogP contribution in [0.3, 0.4) is 0 Å². The quantitative estimate of drug-likeness (QED) is 0.314. The van der Waals surface area contributed by atoms with Crippen molar-refractivity contribution in [3.8, 4) is 0 Å². The van der Waals surface area contributed by atoms with E-state index in [-0.39, 0.29) is 18.5 Å². The summed E-state index contributed by atoms with van der Waals surface area (Å²) in [6, 6.07) is -0.799. The number of urea groups is 2. The van der Waals surface area contributed by atoms with Crippen molar-refractivity contribution < 1.29 is 9.59 Å². The van der Waals surface area contributed by atoms with E-state index in [0.717, 1.165) is 0 Å². The van der Waals surface area contributed by atoms with Crippen molar-refractivity contribution in [2.45, 2.75) is 0 Å².